The van der Waals surface area contributed by atoms with Gasteiger partial charge < -0.3 is 10.1 Å². The molecule has 7 nitrogen and oxygen atoms in total. The number of hydrogen-bond acceptors (Lipinski definition) is 6. The lowest BCUT2D eigenvalue weighted by Gasteiger charge is -2.27. The van der Waals surface area contributed by atoms with E-state index in [1.165, 1.54) is 16.4 Å². The van der Waals surface area contributed by atoms with E-state index in [-0.39, 0.29) is 16.3 Å². The second-order valence-electron chi connectivity index (χ2n) is 6.40. The van der Waals surface area contributed by atoms with Crippen molar-refractivity contribution < 1.29 is 13.2 Å². The van der Waals surface area contributed by atoms with Gasteiger partial charge in [-0.15, -0.1) is 4.91 Å². The highest BCUT2D eigenvalue weighted by molar-refractivity contribution is 7.89. The molecule has 3 rings (SSSR count). The molecule has 1 saturated heterocycles. The normalized spacial score (nSPS) is 15.5. The second kappa shape index (κ2) is 7.93. The van der Waals surface area contributed by atoms with Gasteiger partial charge in [0.1, 0.15) is 22.1 Å². The van der Waals surface area contributed by atoms with Crippen molar-refractivity contribution in [3.05, 3.63) is 51.4 Å². The maximum Gasteiger partial charge on any atom is 0.246 e. The summed E-state index contributed by atoms with van der Waals surface area (Å²) >= 11 is 6.08. The molecule has 1 aliphatic rings. The van der Waals surface area contributed by atoms with Crippen LogP contribution in [-0.4, -0.2) is 38.9 Å². The largest absolute Gasteiger partial charge is 0.456 e. The molecule has 0 atom stereocenters. The zero-order valence-electron chi connectivity index (χ0n) is 15.0. The molecule has 0 unspecified atom stereocenters. The fourth-order valence-electron chi connectivity index (χ4n) is 2.94. The first-order valence-corrected chi connectivity index (χ1v) is 10.3. The molecule has 27 heavy (non-hydrogen) atoms. The quantitative estimate of drug-likeness (QED) is 0.760. The Kier molecular flexibility index (Phi) is 5.81. The number of rotatable bonds is 5. The van der Waals surface area contributed by atoms with Crippen molar-refractivity contribution in [1.82, 2.24) is 9.62 Å². The first-order valence-electron chi connectivity index (χ1n) is 8.45. The van der Waals surface area contributed by atoms with Gasteiger partial charge in [0.05, 0.1) is 0 Å². The monoisotopic (exact) mass is 409 g/mol. The number of hydrogen-bond donors (Lipinski definition) is 1. The molecule has 144 valence electrons. The Bertz CT molecular complexity index is 953. The molecule has 0 spiro atoms. The standard InChI is InChI=1S/C18H20ClN3O4S/c1-12-7-14(19)10-15(8-12)26-17-9-13(2)16(21-23)11-18(17)27(24,25)22-5-3-20-4-6-22/h7-11,20H,3-6H2,1-2H3. The van der Waals surface area contributed by atoms with Gasteiger partial charge in [-0.05, 0) is 60.5 Å². The van der Waals surface area contributed by atoms with Crippen molar-refractivity contribution in [1.29, 1.82) is 0 Å². The third kappa shape index (κ3) is 4.30. The predicted molar refractivity (Wildman–Crippen MR) is 105 cm³/mol. The highest BCUT2D eigenvalue weighted by Crippen LogP contribution is 2.37. The minimum Gasteiger partial charge on any atom is -0.456 e. The SMILES string of the molecule is Cc1cc(Cl)cc(Oc2cc(C)c(N=O)cc2S(=O)(=O)N2CCNCC2)c1. The maximum absolute atomic E-state index is 13.2. The highest BCUT2D eigenvalue weighted by atomic mass is 35.5. The number of ether oxygens (including phenoxy) is 1. The van der Waals surface area contributed by atoms with E-state index in [2.05, 4.69) is 10.5 Å². The number of sulfonamides is 1. The molecule has 0 aliphatic carbocycles. The van der Waals surface area contributed by atoms with E-state index in [1.807, 2.05) is 6.92 Å². The van der Waals surface area contributed by atoms with Gasteiger partial charge in [0.15, 0.2) is 0 Å². The average molecular weight is 410 g/mol. The van der Waals surface area contributed by atoms with Crippen molar-refractivity contribution in [2.24, 2.45) is 5.18 Å². The number of aryl methyl sites for hydroxylation is 2. The third-order valence-electron chi connectivity index (χ3n) is 4.30. The molecular weight excluding hydrogens is 390 g/mol. The van der Waals surface area contributed by atoms with E-state index in [0.29, 0.717) is 42.5 Å². The van der Waals surface area contributed by atoms with Gasteiger partial charge in [0.25, 0.3) is 0 Å². The van der Waals surface area contributed by atoms with E-state index >= 15 is 0 Å². The average Bonchev–Trinajstić information content (AvgIpc) is 2.61. The van der Waals surface area contributed by atoms with Gasteiger partial charge in [-0.1, -0.05) is 11.6 Å². The van der Waals surface area contributed by atoms with Gasteiger partial charge >= 0.3 is 0 Å². The molecule has 9 heteroatoms. The van der Waals surface area contributed by atoms with E-state index < -0.39 is 10.0 Å². The van der Waals surface area contributed by atoms with E-state index in [0.717, 1.165) is 5.56 Å². The van der Waals surface area contributed by atoms with E-state index in [1.54, 1.807) is 25.1 Å². The molecule has 2 aromatic rings. The van der Waals surface area contributed by atoms with Crippen molar-refractivity contribution in [2.45, 2.75) is 18.7 Å². The molecule has 0 bridgehead atoms. The Hall–Kier alpha value is -2.00. The number of nitrogens with zero attached hydrogens (tertiary/aromatic N) is 2. The Labute approximate surface area is 163 Å². The Morgan fingerprint density at radius 3 is 2.44 bits per heavy atom. The lowest BCUT2D eigenvalue weighted by atomic mass is 10.2. The summed E-state index contributed by atoms with van der Waals surface area (Å²) in [5.41, 5.74) is 1.48. The smallest absolute Gasteiger partial charge is 0.246 e. The fraction of sp³-hybridized carbons (Fsp3) is 0.333. The molecule has 1 aliphatic heterocycles. The highest BCUT2D eigenvalue weighted by Gasteiger charge is 2.30. The summed E-state index contributed by atoms with van der Waals surface area (Å²) in [5.74, 6) is 0.558. The molecule has 0 radical (unpaired) electrons. The van der Waals surface area contributed by atoms with Crippen molar-refractivity contribution >= 4 is 27.3 Å². The number of benzene rings is 2. The summed E-state index contributed by atoms with van der Waals surface area (Å²) in [5, 5.41) is 6.55. The van der Waals surface area contributed by atoms with Gasteiger partial charge in [-0.3, -0.25) is 0 Å². The van der Waals surface area contributed by atoms with Crippen LogP contribution in [0.15, 0.2) is 40.4 Å². The molecule has 1 N–H and O–H groups in total. The summed E-state index contributed by atoms with van der Waals surface area (Å²) in [6, 6.07) is 7.93. The van der Waals surface area contributed by atoms with Crippen LogP contribution in [0.4, 0.5) is 5.69 Å². The minimum absolute atomic E-state index is 0.0679. The van der Waals surface area contributed by atoms with Crippen LogP contribution in [-0.2, 0) is 10.0 Å². The minimum atomic E-state index is -3.85. The summed E-state index contributed by atoms with van der Waals surface area (Å²) in [4.78, 5) is 11.0. The summed E-state index contributed by atoms with van der Waals surface area (Å²) in [6.07, 6.45) is 0. The van der Waals surface area contributed by atoms with E-state index in [4.69, 9.17) is 16.3 Å². The number of nitrogens with one attached hydrogen (secondary N) is 1. The van der Waals surface area contributed by atoms with Gasteiger partial charge in [-0.2, -0.15) is 4.31 Å². The van der Waals surface area contributed by atoms with Crippen LogP contribution in [0, 0.1) is 18.8 Å². The van der Waals surface area contributed by atoms with Crippen LogP contribution >= 0.6 is 11.6 Å². The zero-order chi connectivity index (χ0) is 19.6. The number of nitroso groups, excluding NO2 is 1. The lowest BCUT2D eigenvalue weighted by molar-refractivity contribution is 0.358. The summed E-state index contributed by atoms with van der Waals surface area (Å²) in [6.45, 7) is 5.35. The Balaban J connectivity index is 2.09. The first kappa shape index (κ1) is 19.8. The van der Waals surface area contributed by atoms with Crippen molar-refractivity contribution in [2.75, 3.05) is 26.2 Å². The van der Waals surface area contributed by atoms with Crippen molar-refractivity contribution in [3.8, 4) is 11.5 Å². The third-order valence-corrected chi connectivity index (χ3v) is 6.44. The predicted octanol–water partition coefficient (Wildman–Crippen LogP) is 3.74. The van der Waals surface area contributed by atoms with Crippen LogP contribution in [0.2, 0.25) is 5.02 Å². The van der Waals surface area contributed by atoms with Gasteiger partial charge in [0, 0.05) is 31.2 Å². The summed E-state index contributed by atoms with van der Waals surface area (Å²) < 4.78 is 33.6. The van der Waals surface area contributed by atoms with Crippen LogP contribution in [0.1, 0.15) is 11.1 Å². The molecule has 0 amide bonds. The molecule has 0 aromatic heterocycles. The van der Waals surface area contributed by atoms with Gasteiger partial charge in [0.2, 0.25) is 10.0 Å². The van der Waals surface area contributed by atoms with Crippen LogP contribution in [0.25, 0.3) is 0 Å². The fourth-order valence-corrected chi connectivity index (χ4v) is 4.78. The molecule has 1 fully saturated rings. The Morgan fingerprint density at radius 2 is 1.81 bits per heavy atom. The van der Waals surface area contributed by atoms with Gasteiger partial charge in [-0.25, -0.2) is 8.42 Å². The number of piperazine rings is 1. The topological polar surface area (TPSA) is 88.1 Å². The molecular formula is C18H20ClN3O4S. The van der Waals surface area contributed by atoms with Crippen LogP contribution in [0.3, 0.4) is 0 Å². The van der Waals surface area contributed by atoms with Crippen molar-refractivity contribution in [3.63, 3.8) is 0 Å². The molecule has 1 heterocycles. The van der Waals surface area contributed by atoms with E-state index in [9.17, 15) is 13.3 Å². The van der Waals surface area contributed by atoms with Crippen LogP contribution < -0.4 is 10.1 Å². The first-order chi connectivity index (χ1) is 12.8. The maximum atomic E-state index is 13.2. The Morgan fingerprint density at radius 1 is 1.11 bits per heavy atom. The van der Waals surface area contributed by atoms with Crippen LogP contribution in [0.5, 0.6) is 11.5 Å². The summed E-state index contributed by atoms with van der Waals surface area (Å²) in [7, 11) is -3.85. The second-order valence-corrected chi connectivity index (χ2v) is 8.74. The lowest BCUT2D eigenvalue weighted by Crippen LogP contribution is -2.46. The molecule has 2 aromatic carbocycles. The number of halogens is 1. The zero-order valence-corrected chi connectivity index (χ0v) is 16.6. The molecule has 0 saturated carbocycles.